The first kappa shape index (κ1) is 73.2. The van der Waals surface area contributed by atoms with E-state index < -0.39 is 26.5 Å². The molecule has 0 saturated carbocycles. The molecule has 0 aliphatic carbocycles. The third kappa shape index (κ3) is 60.4. The molecule has 0 amide bonds. The molecule has 0 aliphatic heterocycles. The molecule has 1 N–H and O–H groups in total. The van der Waals surface area contributed by atoms with Crippen molar-refractivity contribution in [3.8, 4) is 0 Å². The van der Waals surface area contributed by atoms with E-state index in [-0.39, 0.29) is 32.0 Å². The fourth-order valence-corrected chi connectivity index (χ4v) is 9.34. The molecule has 10 heteroatoms. The summed E-state index contributed by atoms with van der Waals surface area (Å²) >= 11 is 0. The van der Waals surface area contributed by atoms with Crippen LogP contribution < -0.4 is 0 Å². The number of rotatable bonds is 57. The number of carbonyl (C=O) groups excluding carboxylic acids is 2. The highest BCUT2D eigenvalue weighted by molar-refractivity contribution is 7.47. The lowest BCUT2D eigenvalue weighted by atomic mass is 10.0. The van der Waals surface area contributed by atoms with Crippen molar-refractivity contribution in [2.75, 3.05) is 47.5 Å². The van der Waals surface area contributed by atoms with Gasteiger partial charge in [0.25, 0.3) is 0 Å². The number of unbranched alkanes of at least 4 members (excludes halogenated alkanes) is 29. The maximum Gasteiger partial charge on any atom is 0.472 e. The molecular formula is C66H119NO8P+. The number of hydrogen-bond acceptors (Lipinski definition) is 7. The van der Waals surface area contributed by atoms with Gasteiger partial charge in [-0.15, -0.1) is 0 Å². The summed E-state index contributed by atoms with van der Waals surface area (Å²) in [6, 6.07) is 0. The van der Waals surface area contributed by atoms with Gasteiger partial charge in [0.2, 0.25) is 0 Å². The minimum Gasteiger partial charge on any atom is -0.462 e. The van der Waals surface area contributed by atoms with Crippen LogP contribution in [0.5, 0.6) is 0 Å². The van der Waals surface area contributed by atoms with Crippen molar-refractivity contribution in [3.05, 3.63) is 85.1 Å². The van der Waals surface area contributed by atoms with Crippen LogP contribution >= 0.6 is 7.82 Å². The molecule has 0 saturated heterocycles. The summed E-state index contributed by atoms with van der Waals surface area (Å²) in [5, 5.41) is 0. The van der Waals surface area contributed by atoms with Crippen molar-refractivity contribution < 1.29 is 42.1 Å². The predicted octanol–water partition coefficient (Wildman–Crippen LogP) is 19.8. The molecule has 0 bridgehead atoms. The molecule has 0 fully saturated rings. The average molecular weight is 1090 g/mol. The Kier molecular flexibility index (Phi) is 54.8. The van der Waals surface area contributed by atoms with Crippen molar-refractivity contribution in [3.63, 3.8) is 0 Å². The molecule has 76 heavy (non-hydrogen) atoms. The molecule has 0 aromatic heterocycles. The van der Waals surface area contributed by atoms with Crippen LogP contribution in [0.3, 0.4) is 0 Å². The van der Waals surface area contributed by atoms with E-state index in [0.717, 1.165) is 77.0 Å². The average Bonchev–Trinajstić information content (AvgIpc) is 3.38. The minimum atomic E-state index is -4.39. The Bertz CT molecular complexity index is 1560. The summed E-state index contributed by atoms with van der Waals surface area (Å²) in [5.74, 6) is -0.795. The first-order valence-corrected chi connectivity index (χ1v) is 32.8. The van der Waals surface area contributed by atoms with Gasteiger partial charge in [-0.3, -0.25) is 18.6 Å². The summed E-state index contributed by atoms with van der Waals surface area (Å²) in [7, 11) is 1.48. The van der Waals surface area contributed by atoms with Crippen molar-refractivity contribution in [1.29, 1.82) is 0 Å². The van der Waals surface area contributed by atoms with E-state index in [1.807, 2.05) is 21.1 Å². The summed E-state index contributed by atoms with van der Waals surface area (Å²) in [6.07, 6.45) is 76.6. The lowest BCUT2D eigenvalue weighted by Gasteiger charge is -2.24. The van der Waals surface area contributed by atoms with Crippen LogP contribution in [-0.2, 0) is 32.7 Å². The third-order valence-corrected chi connectivity index (χ3v) is 14.4. The molecule has 0 aliphatic rings. The van der Waals surface area contributed by atoms with Crippen molar-refractivity contribution in [2.45, 2.75) is 277 Å². The number of ether oxygens (including phenoxy) is 2. The van der Waals surface area contributed by atoms with Gasteiger partial charge in [0.1, 0.15) is 19.8 Å². The van der Waals surface area contributed by atoms with Crippen LogP contribution in [0, 0.1) is 0 Å². The molecule has 0 heterocycles. The third-order valence-electron chi connectivity index (χ3n) is 13.4. The number of carbonyl (C=O) groups is 2. The van der Waals surface area contributed by atoms with E-state index in [1.165, 1.54) is 161 Å². The van der Waals surface area contributed by atoms with E-state index >= 15 is 0 Å². The van der Waals surface area contributed by atoms with E-state index in [9.17, 15) is 19.0 Å². The molecule has 0 rings (SSSR count). The van der Waals surface area contributed by atoms with Crippen molar-refractivity contribution >= 4 is 19.8 Å². The first-order chi connectivity index (χ1) is 37.0. The Morgan fingerprint density at radius 2 is 0.750 bits per heavy atom. The summed E-state index contributed by atoms with van der Waals surface area (Å²) in [4.78, 5) is 35.7. The SMILES string of the molecule is CC/C=C\C/C=C\C/C=C\C/C=C\C/C=C\C/C=C\CCCCCCCCCCCCCCCCC(=O)OC(COC(=O)CCCCCCCCCCC/C=C\CCCCCCCC)COP(=O)(O)OCC[N+](C)(C)C. The van der Waals surface area contributed by atoms with Crippen molar-refractivity contribution in [1.82, 2.24) is 0 Å². The van der Waals surface area contributed by atoms with E-state index in [2.05, 4.69) is 98.9 Å². The van der Waals surface area contributed by atoms with Gasteiger partial charge < -0.3 is 18.9 Å². The zero-order chi connectivity index (χ0) is 55.6. The van der Waals surface area contributed by atoms with E-state index in [4.69, 9.17) is 18.5 Å². The standard InChI is InChI=1S/C66H118NO8P/c1-6-8-10-12-14-16-18-20-22-24-26-27-28-29-30-31-32-33-34-35-36-37-38-39-41-43-45-47-49-51-53-55-57-59-66(69)75-64(63-74-76(70,71)73-61-60-67(3,4)5)62-72-65(68)58-56-54-52-50-48-46-44-42-40-25-23-21-19-17-15-13-11-9-7-2/h8,10,14,16,20-23,26-27,29-30,32-33,64H,6-7,9,11-13,15,17-19,24-25,28,31,34-63H2,1-5H3/p+1/b10-8-,16-14-,22-20-,23-21-,27-26-,30-29-,33-32-. The van der Waals surface area contributed by atoms with Gasteiger partial charge in [-0.2, -0.15) is 0 Å². The quantitative estimate of drug-likeness (QED) is 0.0211. The largest absolute Gasteiger partial charge is 0.472 e. The summed E-state index contributed by atoms with van der Waals surface area (Å²) in [5.41, 5.74) is 0. The monoisotopic (exact) mass is 1080 g/mol. The van der Waals surface area contributed by atoms with Crippen LogP contribution in [0.25, 0.3) is 0 Å². The van der Waals surface area contributed by atoms with Crippen LogP contribution in [0.1, 0.15) is 271 Å². The van der Waals surface area contributed by atoms with Gasteiger partial charge in [0.05, 0.1) is 27.7 Å². The van der Waals surface area contributed by atoms with Crippen LogP contribution in [0.15, 0.2) is 85.1 Å². The highest BCUT2D eigenvalue weighted by atomic mass is 31.2. The first-order valence-electron chi connectivity index (χ1n) is 31.3. The molecule has 0 aromatic rings. The van der Waals surface area contributed by atoms with Gasteiger partial charge in [0.15, 0.2) is 6.10 Å². The molecule has 0 spiro atoms. The lowest BCUT2D eigenvalue weighted by molar-refractivity contribution is -0.870. The summed E-state index contributed by atoms with van der Waals surface area (Å²) < 4.78 is 34.6. The highest BCUT2D eigenvalue weighted by Gasteiger charge is 2.27. The smallest absolute Gasteiger partial charge is 0.462 e. The number of phosphoric acid groups is 1. The number of nitrogens with zero attached hydrogens (tertiary/aromatic N) is 1. The molecule has 0 aromatic carbocycles. The Labute approximate surface area is 469 Å². The molecule has 2 unspecified atom stereocenters. The molecule has 9 nitrogen and oxygen atoms in total. The summed E-state index contributed by atoms with van der Waals surface area (Å²) in [6.45, 7) is 4.33. The van der Waals surface area contributed by atoms with Gasteiger partial charge >= 0.3 is 19.8 Å². The Hall–Kier alpha value is -2.81. The van der Waals surface area contributed by atoms with Gasteiger partial charge in [-0.25, -0.2) is 4.57 Å². The normalized spacial score (nSPS) is 13.8. The second kappa shape index (κ2) is 56.9. The van der Waals surface area contributed by atoms with Crippen LogP contribution in [0.4, 0.5) is 0 Å². The topological polar surface area (TPSA) is 108 Å². The predicted molar refractivity (Wildman–Crippen MR) is 325 cm³/mol. The molecular weight excluding hydrogens is 966 g/mol. The van der Waals surface area contributed by atoms with Crippen LogP contribution in [-0.4, -0.2) is 74.9 Å². The van der Waals surface area contributed by atoms with Crippen molar-refractivity contribution in [2.24, 2.45) is 0 Å². The maximum atomic E-state index is 12.8. The second-order valence-electron chi connectivity index (χ2n) is 22.1. The number of esters is 2. The molecule has 0 radical (unpaired) electrons. The maximum absolute atomic E-state index is 12.8. The zero-order valence-electron chi connectivity index (χ0n) is 50.0. The number of allylic oxidation sites excluding steroid dienone is 14. The highest BCUT2D eigenvalue weighted by Crippen LogP contribution is 2.43. The second-order valence-corrected chi connectivity index (χ2v) is 23.5. The molecule has 440 valence electrons. The number of likely N-dealkylation sites (N-methyl/N-ethyl adjacent to an activating group) is 1. The van der Waals surface area contributed by atoms with Gasteiger partial charge in [-0.1, -0.05) is 253 Å². The fourth-order valence-electron chi connectivity index (χ4n) is 8.60. The Morgan fingerprint density at radius 1 is 0.421 bits per heavy atom. The number of quaternary nitrogens is 1. The number of hydrogen-bond donors (Lipinski definition) is 1. The van der Waals surface area contributed by atoms with Gasteiger partial charge in [-0.05, 0) is 89.9 Å². The van der Waals surface area contributed by atoms with Gasteiger partial charge in [0, 0.05) is 12.8 Å². The van der Waals surface area contributed by atoms with E-state index in [1.54, 1.807) is 0 Å². The molecule has 2 atom stereocenters. The fraction of sp³-hybridized carbons (Fsp3) is 0.758. The Balaban J connectivity index is 4.09. The zero-order valence-corrected chi connectivity index (χ0v) is 50.9. The minimum absolute atomic E-state index is 0.0295. The lowest BCUT2D eigenvalue weighted by Crippen LogP contribution is -2.37. The van der Waals surface area contributed by atoms with Crippen LogP contribution in [0.2, 0.25) is 0 Å². The van der Waals surface area contributed by atoms with E-state index in [0.29, 0.717) is 17.4 Å². The Morgan fingerprint density at radius 3 is 1.13 bits per heavy atom. The number of phosphoric ester groups is 1.